The third kappa shape index (κ3) is 26.2. The monoisotopic (exact) mass is 598 g/mol. The first-order valence-corrected chi connectivity index (χ1v) is 17.5. The maximum atomic E-state index is 11.2. The van der Waals surface area contributed by atoms with Gasteiger partial charge in [0.15, 0.2) is 8.32 Å². The highest BCUT2D eigenvalue weighted by molar-refractivity contribution is 6.74. The fourth-order valence-electron chi connectivity index (χ4n) is 2.70. The lowest BCUT2D eigenvalue weighted by molar-refractivity contribution is -0.145. The van der Waals surface area contributed by atoms with E-state index in [0.29, 0.717) is 119 Å². The van der Waals surface area contributed by atoms with Gasteiger partial charge >= 0.3 is 5.97 Å². The number of hydrogen-bond donors (Lipinski definition) is 0. The van der Waals surface area contributed by atoms with Gasteiger partial charge in [0.1, 0.15) is 6.61 Å². The molecular weight excluding hydrogens is 540 g/mol. The van der Waals surface area contributed by atoms with Crippen molar-refractivity contribution in [1.82, 2.24) is 0 Å². The molecule has 0 amide bonds. The number of ether oxygens (including phenoxy) is 9. The van der Waals surface area contributed by atoms with Crippen LogP contribution in [0.2, 0.25) is 18.1 Å². The van der Waals surface area contributed by atoms with Gasteiger partial charge in [0, 0.05) is 6.42 Å². The Bertz CT molecular complexity index is 559. The Labute approximate surface area is 243 Å². The average molecular weight is 599 g/mol. The fraction of sp³-hybridized carbons (Fsp3) is 0.964. The van der Waals surface area contributed by atoms with Crippen molar-refractivity contribution in [1.29, 1.82) is 0 Å². The molecule has 0 spiro atoms. The molecular formula is C28H58O11Si. The zero-order valence-corrected chi connectivity index (χ0v) is 27.1. The Balaban J connectivity index is 3.15. The molecule has 240 valence electrons. The number of hydrogen-bond acceptors (Lipinski definition) is 11. The van der Waals surface area contributed by atoms with Gasteiger partial charge < -0.3 is 47.1 Å². The van der Waals surface area contributed by atoms with E-state index in [-0.39, 0.29) is 17.6 Å². The van der Waals surface area contributed by atoms with Crippen LogP contribution < -0.4 is 0 Å². The Morgan fingerprint density at radius 1 is 0.500 bits per heavy atom. The summed E-state index contributed by atoms with van der Waals surface area (Å²) in [6.07, 6.45) is 1.23. The lowest BCUT2D eigenvalue weighted by Gasteiger charge is -2.36. The molecule has 0 fully saturated rings. The van der Waals surface area contributed by atoms with Crippen LogP contribution in [-0.2, 0) is 51.9 Å². The summed E-state index contributed by atoms with van der Waals surface area (Å²) in [5, 5.41) is 0.218. The van der Waals surface area contributed by atoms with Gasteiger partial charge in [-0.1, -0.05) is 27.7 Å². The van der Waals surface area contributed by atoms with Gasteiger partial charge in [-0.05, 0) is 24.6 Å². The minimum absolute atomic E-state index is 0.185. The van der Waals surface area contributed by atoms with Crippen LogP contribution >= 0.6 is 0 Å². The third-order valence-corrected chi connectivity index (χ3v) is 10.6. The first kappa shape index (κ1) is 39.3. The molecule has 0 aromatic rings. The van der Waals surface area contributed by atoms with Gasteiger partial charge in [-0.25, -0.2) is 0 Å². The average Bonchev–Trinajstić information content (AvgIpc) is 2.89. The van der Waals surface area contributed by atoms with Gasteiger partial charge in [0.05, 0.1) is 112 Å². The second kappa shape index (κ2) is 27.2. The van der Waals surface area contributed by atoms with Crippen LogP contribution in [0.15, 0.2) is 0 Å². The van der Waals surface area contributed by atoms with Crippen LogP contribution in [0.4, 0.5) is 0 Å². The molecule has 0 saturated heterocycles. The van der Waals surface area contributed by atoms with Crippen molar-refractivity contribution in [3.05, 3.63) is 0 Å². The molecule has 11 nitrogen and oxygen atoms in total. The summed E-state index contributed by atoms with van der Waals surface area (Å²) in [7, 11) is -1.69. The highest BCUT2D eigenvalue weighted by Crippen LogP contribution is 2.36. The number of carbonyl (C=O) groups excluding carboxylic acids is 1. The van der Waals surface area contributed by atoms with Crippen LogP contribution in [0.25, 0.3) is 0 Å². The molecule has 0 rings (SSSR count). The first-order valence-electron chi connectivity index (χ1n) is 14.6. The third-order valence-electron chi connectivity index (χ3n) is 6.05. The summed E-state index contributed by atoms with van der Waals surface area (Å²) >= 11 is 0. The van der Waals surface area contributed by atoms with Crippen molar-refractivity contribution in [2.45, 2.75) is 58.7 Å². The zero-order valence-electron chi connectivity index (χ0n) is 26.1. The molecule has 0 heterocycles. The van der Waals surface area contributed by atoms with E-state index in [0.717, 1.165) is 6.42 Å². The van der Waals surface area contributed by atoms with Gasteiger partial charge in [-0.15, -0.1) is 0 Å². The molecule has 0 aliphatic rings. The van der Waals surface area contributed by atoms with Crippen molar-refractivity contribution in [2.24, 2.45) is 0 Å². The molecule has 12 heteroatoms. The number of rotatable bonds is 30. The first-order chi connectivity index (χ1) is 19.2. The Morgan fingerprint density at radius 3 is 1.05 bits per heavy atom. The van der Waals surface area contributed by atoms with Crippen LogP contribution in [0.5, 0.6) is 0 Å². The fourth-order valence-corrected chi connectivity index (χ4v) is 3.73. The van der Waals surface area contributed by atoms with E-state index in [1.54, 1.807) is 0 Å². The maximum absolute atomic E-state index is 11.2. The van der Waals surface area contributed by atoms with E-state index in [2.05, 4.69) is 33.9 Å². The van der Waals surface area contributed by atoms with Gasteiger partial charge in [0.2, 0.25) is 0 Å². The minimum atomic E-state index is -1.69. The van der Waals surface area contributed by atoms with Crippen LogP contribution in [0.1, 0.15) is 40.5 Å². The molecule has 0 aliphatic heterocycles. The molecule has 0 aliphatic carbocycles. The highest BCUT2D eigenvalue weighted by Gasteiger charge is 2.36. The second-order valence-electron chi connectivity index (χ2n) is 10.5. The summed E-state index contributed by atoms with van der Waals surface area (Å²) in [6, 6.07) is 0. The summed E-state index contributed by atoms with van der Waals surface area (Å²) < 4.78 is 54.7. The Kier molecular flexibility index (Phi) is 26.7. The normalized spacial score (nSPS) is 12.2. The van der Waals surface area contributed by atoms with Crippen LogP contribution in [-0.4, -0.2) is 133 Å². The lowest BCUT2D eigenvalue weighted by atomic mass is 10.2. The molecule has 0 aromatic carbocycles. The molecule has 0 N–H and O–H groups in total. The smallest absolute Gasteiger partial charge is 0.305 e. The molecule has 0 bridgehead atoms. The predicted molar refractivity (Wildman–Crippen MR) is 156 cm³/mol. The molecule has 0 radical (unpaired) electrons. The number of carbonyl (C=O) groups is 1. The summed E-state index contributed by atoms with van der Waals surface area (Å²) in [4.78, 5) is 11.2. The summed E-state index contributed by atoms with van der Waals surface area (Å²) in [5.41, 5.74) is 0. The van der Waals surface area contributed by atoms with Crippen molar-refractivity contribution >= 4 is 14.3 Å². The molecule has 0 unspecified atom stereocenters. The van der Waals surface area contributed by atoms with E-state index in [4.69, 9.17) is 47.1 Å². The Hall–Kier alpha value is -0.673. The van der Waals surface area contributed by atoms with Crippen molar-refractivity contribution in [3.8, 4) is 0 Å². The van der Waals surface area contributed by atoms with E-state index in [1.165, 1.54) is 0 Å². The molecule has 0 aromatic heterocycles. The maximum Gasteiger partial charge on any atom is 0.305 e. The summed E-state index contributed by atoms with van der Waals surface area (Å²) in [6.45, 7) is 22.1. The Morgan fingerprint density at radius 2 is 0.775 bits per heavy atom. The van der Waals surface area contributed by atoms with Gasteiger partial charge in [0.25, 0.3) is 0 Å². The second-order valence-corrected chi connectivity index (χ2v) is 15.3. The van der Waals surface area contributed by atoms with Crippen LogP contribution in [0.3, 0.4) is 0 Å². The van der Waals surface area contributed by atoms with Crippen LogP contribution in [0, 0.1) is 0 Å². The predicted octanol–water partition coefficient (Wildman–Crippen LogP) is 3.48. The molecule has 0 atom stereocenters. The van der Waals surface area contributed by atoms with E-state index >= 15 is 0 Å². The lowest BCUT2D eigenvalue weighted by Crippen LogP contribution is -2.41. The highest BCUT2D eigenvalue weighted by atomic mass is 28.4. The quantitative estimate of drug-likeness (QED) is 0.0689. The van der Waals surface area contributed by atoms with Crippen molar-refractivity contribution < 1.29 is 51.9 Å². The molecule has 0 saturated carbocycles. The minimum Gasteiger partial charge on any atom is -0.463 e. The largest absolute Gasteiger partial charge is 0.463 e. The topological polar surface area (TPSA) is 109 Å². The van der Waals surface area contributed by atoms with E-state index < -0.39 is 8.32 Å². The molecule has 40 heavy (non-hydrogen) atoms. The zero-order chi connectivity index (χ0) is 29.8. The van der Waals surface area contributed by atoms with E-state index in [9.17, 15) is 4.79 Å². The SMILES string of the molecule is CCCC(=O)OCCOCCOCCOCCOCCOCCOCCOCCOCCO[Si](C)(C)C(C)(C)C. The van der Waals surface area contributed by atoms with Crippen molar-refractivity contribution in [2.75, 3.05) is 119 Å². The van der Waals surface area contributed by atoms with Gasteiger partial charge in [-0.2, -0.15) is 0 Å². The number of esters is 1. The van der Waals surface area contributed by atoms with Crippen molar-refractivity contribution in [3.63, 3.8) is 0 Å². The van der Waals surface area contributed by atoms with Gasteiger partial charge in [-0.3, -0.25) is 4.79 Å². The standard InChI is InChI=1S/C28H58O11Si/c1-7-8-27(29)38-25-23-36-21-19-34-17-15-32-13-11-30-9-10-31-12-14-33-16-18-35-20-22-37-24-26-39-40(5,6)28(2,3)4/h7-26H2,1-6H3. The summed E-state index contributed by atoms with van der Waals surface area (Å²) in [5.74, 6) is -0.185. The van der Waals surface area contributed by atoms with E-state index in [1.807, 2.05) is 6.92 Å².